The standard InChI is InChI=1S/C16H17N5O2S/c1-10-9-24-14(19-10)8-18-16(23)12-7-13(15(17)22)21(20-12)11-5-3-2-4-6-11/h2-6,9,13H,7-8H2,1H3,(H2,17,22)(H,18,23). The molecule has 0 aliphatic carbocycles. The van der Waals surface area contributed by atoms with Gasteiger partial charge in [-0.15, -0.1) is 11.3 Å². The van der Waals surface area contributed by atoms with Crippen LogP contribution in [-0.4, -0.2) is 28.6 Å². The Morgan fingerprint density at radius 1 is 1.38 bits per heavy atom. The van der Waals surface area contributed by atoms with Crippen LogP contribution in [-0.2, 0) is 16.1 Å². The smallest absolute Gasteiger partial charge is 0.267 e. The zero-order valence-electron chi connectivity index (χ0n) is 13.1. The first-order chi connectivity index (χ1) is 11.5. The number of amides is 2. The molecule has 2 heterocycles. The SMILES string of the molecule is Cc1csc(CNC(=O)C2=NN(c3ccccc3)C(C(N)=O)C2)n1. The predicted molar refractivity (Wildman–Crippen MR) is 92.7 cm³/mol. The molecule has 24 heavy (non-hydrogen) atoms. The third-order valence-corrected chi connectivity index (χ3v) is 4.56. The predicted octanol–water partition coefficient (Wildman–Crippen LogP) is 1.19. The number of nitrogens with two attached hydrogens (primary N) is 1. The van der Waals surface area contributed by atoms with Gasteiger partial charge in [0.05, 0.1) is 12.2 Å². The van der Waals surface area contributed by atoms with Crippen molar-refractivity contribution < 1.29 is 9.59 Å². The van der Waals surface area contributed by atoms with Crippen molar-refractivity contribution in [3.05, 3.63) is 46.4 Å². The molecule has 1 aromatic heterocycles. The van der Waals surface area contributed by atoms with Gasteiger partial charge in [0.1, 0.15) is 16.8 Å². The number of para-hydroxylation sites is 1. The zero-order valence-corrected chi connectivity index (χ0v) is 13.9. The van der Waals surface area contributed by atoms with Crippen molar-refractivity contribution in [3.63, 3.8) is 0 Å². The summed E-state index contributed by atoms with van der Waals surface area (Å²) in [4.78, 5) is 28.3. The van der Waals surface area contributed by atoms with Crippen LogP contribution in [0.2, 0.25) is 0 Å². The molecule has 1 aliphatic rings. The number of aromatic nitrogens is 1. The molecule has 1 atom stereocenters. The van der Waals surface area contributed by atoms with Gasteiger partial charge >= 0.3 is 0 Å². The second-order valence-corrected chi connectivity index (χ2v) is 6.36. The molecule has 124 valence electrons. The summed E-state index contributed by atoms with van der Waals surface area (Å²) in [5, 5.41) is 11.3. The monoisotopic (exact) mass is 343 g/mol. The second-order valence-electron chi connectivity index (χ2n) is 5.41. The molecule has 2 aromatic rings. The summed E-state index contributed by atoms with van der Waals surface area (Å²) in [5.74, 6) is -0.825. The molecule has 2 amide bonds. The van der Waals surface area contributed by atoms with Gasteiger partial charge in [0.2, 0.25) is 5.91 Å². The van der Waals surface area contributed by atoms with Crippen LogP contribution in [0.15, 0.2) is 40.8 Å². The Kier molecular flexibility index (Phi) is 4.57. The molecule has 3 rings (SSSR count). The first-order valence-corrected chi connectivity index (χ1v) is 8.33. The lowest BCUT2D eigenvalue weighted by Gasteiger charge is -2.20. The van der Waals surface area contributed by atoms with E-state index in [1.807, 2.05) is 42.6 Å². The highest BCUT2D eigenvalue weighted by Gasteiger charge is 2.34. The quantitative estimate of drug-likeness (QED) is 0.851. The van der Waals surface area contributed by atoms with Crippen molar-refractivity contribution in [1.29, 1.82) is 0 Å². The van der Waals surface area contributed by atoms with Crippen LogP contribution >= 0.6 is 11.3 Å². The number of hydrogen-bond acceptors (Lipinski definition) is 6. The van der Waals surface area contributed by atoms with E-state index in [1.165, 1.54) is 16.3 Å². The summed E-state index contributed by atoms with van der Waals surface area (Å²) in [6.45, 7) is 2.24. The van der Waals surface area contributed by atoms with Crippen LogP contribution < -0.4 is 16.1 Å². The molecule has 0 saturated heterocycles. The number of benzene rings is 1. The van der Waals surface area contributed by atoms with Gasteiger partial charge in [0.15, 0.2) is 0 Å². The number of nitrogens with zero attached hydrogens (tertiary/aromatic N) is 3. The fourth-order valence-corrected chi connectivity index (χ4v) is 3.14. The molecular weight excluding hydrogens is 326 g/mol. The number of hydrogen-bond donors (Lipinski definition) is 2. The van der Waals surface area contributed by atoms with E-state index < -0.39 is 11.9 Å². The molecule has 3 N–H and O–H groups in total. The summed E-state index contributed by atoms with van der Waals surface area (Å²) in [7, 11) is 0. The Bertz CT molecular complexity index is 787. The number of nitrogens with one attached hydrogen (secondary N) is 1. The Morgan fingerprint density at radius 2 is 2.12 bits per heavy atom. The highest BCUT2D eigenvalue weighted by Crippen LogP contribution is 2.24. The van der Waals surface area contributed by atoms with Gasteiger partial charge in [0.25, 0.3) is 5.91 Å². The van der Waals surface area contributed by atoms with E-state index >= 15 is 0 Å². The first kappa shape index (κ1) is 16.1. The minimum absolute atomic E-state index is 0.187. The fraction of sp³-hybridized carbons (Fsp3) is 0.250. The lowest BCUT2D eigenvalue weighted by Crippen LogP contribution is -2.39. The van der Waals surface area contributed by atoms with E-state index in [0.29, 0.717) is 6.54 Å². The van der Waals surface area contributed by atoms with Crippen molar-refractivity contribution in [2.45, 2.75) is 25.9 Å². The van der Waals surface area contributed by atoms with Gasteiger partial charge in [-0.2, -0.15) is 5.10 Å². The van der Waals surface area contributed by atoms with Crippen molar-refractivity contribution in [1.82, 2.24) is 10.3 Å². The van der Waals surface area contributed by atoms with Crippen LogP contribution in [0.3, 0.4) is 0 Å². The number of rotatable bonds is 5. The zero-order chi connectivity index (χ0) is 17.1. The summed E-state index contributed by atoms with van der Waals surface area (Å²) in [5.41, 5.74) is 7.39. The molecule has 0 bridgehead atoms. The minimum atomic E-state index is -0.657. The number of anilines is 1. The normalized spacial score (nSPS) is 16.8. The lowest BCUT2D eigenvalue weighted by molar-refractivity contribution is -0.119. The fourth-order valence-electron chi connectivity index (χ4n) is 2.43. The average Bonchev–Trinajstić information content (AvgIpc) is 3.20. The maximum atomic E-state index is 12.3. The summed E-state index contributed by atoms with van der Waals surface area (Å²) < 4.78 is 0. The Labute approximate surface area is 143 Å². The topological polar surface area (TPSA) is 101 Å². The number of carbonyl (C=O) groups excluding carboxylic acids is 2. The Hall–Kier alpha value is -2.74. The number of thiazole rings is 1. The van der Waals surface area contributed by atoms with Gasteiger partial charge in [0, 0.05) is 17.5 Å². The van der Waals surface area contributed by atoms with Crippen molar-refractivity contribution in [2.24, 2.45) is 10.8 Å². The second kappa shape index (κ2) is 6.79. The molecular formula is C16H17N5O2S. The third kappa shape index (κ3) is 3.43. The Morgan fingerprint density at radius 3 is 2.75 bits per heavy atom. The van der Waals surface area contributed by atoms with Crippen molar-refractivity contribution in [3.8, 4) is 0 Å². The molecule has 1 aromatic carbocycles. The van der Waals surface area contributed by atoms with Gasteiger partial charge in [-0.25, -0.2) is 4.98 Å². The Balaban J connectivity index is 1.72. The molecule has 0 radical (unpaired) electrons. The number of hydrazone groups is 1. The lowest BCUT2D eigenvalue weighted by atomic mass is 10.1. The van der Waals surface area contributed by atoms with E-state index in [4.69, 9.17) is 5.73 Å². The van der Waals surface area contributed by atoms with Crippen LogP contribution in [0.4, 0.5) is 5.69 Å². The van der Waals surface area contributed by atoms with E-state index in [2.05, 4.69) is 15.4 Å². The summed E-state index contributed by atoms with van der Waals surface area (Å²) in [6.07, 6.45) is 0.187. The van der Waals surface area contributed by atoms with Crippen molar-refractivity contribution in [2.75, 3.05) is 5.01 Å². The van der Waals surface area contributed by atoms with Gasteiger partial charge < -0.3 is 11.1 Å². The molecule has 0 saturated carbocycles. The highest BCUT2D eigenvalue weighted by molar-refractivity contribution is 7.09. The van der Waals surface area contributed by atoms with Crippen LogP contribution in [0.1, 0.15) is 17.1 Å². The molecule has 1 unspecified atom stereocenters. The van der Waals surface area contributed by atoms with Crippen molar-refractivity contribution >= 4 is 34.6 Å². The molecule has 0 spiro atoms. The molecule has 1 aliphatic heterocycles. The van der Waals surface area contributed by atoms with E-state index in [9.17, 15) is 9.59 Å². The van der Waals surface area contributed by atoms with Crippen LogP contribution in [0.25, 0.3) is 0 Å². The van der Waals surface area contributed by atoms with E-state index in [0.717, 1.165) is 16.4 Å². The highest BCUT2D eigenvalue weighted by atomic mass is 32.1. The molecule has 7 nitrogen and oxygen atoms in total. The van der Waals surface area contributed by atoms with Crippen LogP contribution in [0.5, 0.6) is 0 Å². The first-order valence-electron chi connectivity index (χ1n) is 7.45. The van der Waals surface area contributed by atoms with Gasteiger partial charge in [-0.1, -0.05) is 18.2 Å². The minimum Gasteiger partial charge on any atom is -0.368 e. The van der Waals surface area contributed by atoms with Gasteiger partial charge in [-0.3, -0.25) is 14.6 Å². The van der Waals surface area contributed by atoms with E-state index in [-0.39, 0.29) is 18.0 Å². The third-order valence-electron chi connectivity index (χ3n) is 3.59. The molecule has 8 heteroatoms. The number of aryl methyl sites for hydroxylation is 1. The summed E-state index contributed by atoms with van der Waals surface area (Å²) >= 11 is 1.49. The van der Waals surface area contributed by atoms with Gasteiger partial charge in [-0.05, 0) is 19.1 Å². The maximum absolute atomic E-state index is 12.3. The maximum Gasteiger partial charge on any atom is 0.267 e. The average molecular weight is 343 g/mol. The summed E-state index contributed by atoms with van der Waals surface area (Å²) in [6, 6.07) is 8.52. The van der Waals surface area contributed by atoms with Crippen LogP contribution in [0, 0.1) is 6.92 Å². The molecule has 0 fully saturated rings. The number of carbonyl (C=O) groups is 2. The van der Waals surface area contributed by atoms with E-state index in [1.54, 1.807) is 0 Å². The largest absolute Gasteiger partial charge is 0.368 e. The number of primary amides is 1.